The summed E-state index contributed by atoms with van der Waals surface area (Å²) < 4.78 is 1.75. The van der Waals surface area contributed by atoms with Crippen LogP contribution in [0.5, 0.6) is 0 Å². The number of para-hydroxylation sites is 1. The Morgan fingerprint density at radius 3 is 2.36 bits per heavy atom. The Balaban J connectivity index is 1.47. The summed E-state index contributed by atoms with van der Waals surface area (Å²) in [6.45, 7) is 0.993. The number of imide groups is 1. The Morgan fingerprint density at radius 2 is 1.64 bits per heavy atom. The number of aromatic nitrogens is 3. The average molecular weight is 333 g/mol. The number of carbonyl (C=O) groups is 2. The van der Waals surface area contributed by atoms with Crippen LogP contribution in [0.25, 0.3) is 5.52 Å². The van der Waals surface area contributed by atoms with Crippen LogP contribution in [-0.4, -0.2) is 39.5 Å². The first kappa shape index (κ1) is 14.2. The molecule has 5 rings (SSSR count). The van der Waals surface area contributed by atoms with Crippen molar-refractivity contribution in [3.8, 4) is 0 Å². The van der Waals surface area contributed by atoms with E-state index in [9.17, 15) is 9.59 Å². The Labute approximate surface area is 143 Å². The van der Waals surface area contributed by atoms with Crippen molar-refractivity contribution >= 4 is 28.8 Å². The molecule has 2 aliphatic rings. The maximum absolute atomic E-state index is 12.8. The lowest BCUT2D eigenvalue weighted by atomic mass is 10.00. The summed E-state index contributed by atoms with van der Waals surface area (Å²) in [5, 5.41) is 4.21. The normalized spacial score (nSPS) is 22.9. The molecular weight excluding hydrogens is 318 g/mol. The fourth-order valence-electron chi connectivity index (χ4n) is 3.84. The molecule has 0 aliphatic carbocycles. The zero-order valence-electron chi connectivity index (χ0n) is 13.3. The Morgan fingerprint density at radius 1 is 0.920 bits per heavy atom. The fraction of sp³-hybridized carbons (Fsp3) is 0.222. The van der Waals surface area contributed by atoms with E-state index in [2.05, 4.69) is 10.1 Å². The van der Waals surface area contributed by atoms with Crippen molar-refractivity contribution in [1.82, 2.24) is 14.6 Å². The molecule has 2 aromatic heterocycles. The van der Waals surface area contributed by atoms with Gasteiger partial charge in [-0.3, -0.25) is 9.59 Å². The first-order valence-corrected chi connectivity index (χ1v) is 8.20. The van der Waals surface area contributed by atoms with Gasteiger partial charge < -0.3 is 4.90 Å². The summed E-state index contributed by atoms with van der Waals surface area (Å²) in [6, 6.07) is 11.0. The van der Waals surface area contributed by atoms with Gasteiger partial charge in [0.05, 0.1) is 23.7 Å². The van der Waals surface area contributed by atoms with Crippen LogP contribution in [0.3, 0.4) is 0 Å². The second kappa shape index (κ2) is 5.14. The average Bonchev–Trinajstić information content (AvgIpc) is 3.33. The van der Waals surface area contributed by atoms with Gasteiger partial charge in [0.25, 0.3) is 0 Å². The number of amides is 2. The molecule has 0 saturated carbocycles. The minimum Gasteiger partial charge on any atom is -0.353 e. The van der Waals surface area contributed by atoms with Gasteiger partial charge in [-0.05, 0) is 18.2 Å². The van der Waals surface area contributed by atoms with Gasteiger partial charge in [0.1, 0.15) is 5.52 Å². The zero-order valence-corrected chi connectivity index (χ0v) is 13.3. The van der Waals surface area contributed by atoms with E-state index in [0.29, 0.717) is 18.8 Å². The van der Waals surface area contributed by atoms with Crippen molar-refractivity contribution < 1.29 is 9.59 Å². The minimum atomic E-state index is -0.322. The van der Waals surface area contributed by atoms with Gasteiger partial charge in [0.15, 0.2) is 5.82 Å². The van der Waals surface area contributed by atoms with E-state index in [1.807, 2.05) is 29.2 Å². The van der Waals surface area contributed by atoms with Crippen molar-refractivity contribution in [3.05, 3.63) is 55.0 Å². The van der Waals surface area contributed by atoms with E-state index >= 15 is 0 Å². The van der Waals surface area contributed by atoms with E-state index in [1.54, 1.807) is 35.2 Å². The molecule has 0 bridgehead atoms. The molecule has 2 unspecified atom stereocenters. The van der Waals surface area contributed by atoms with Crippen molar-refractivity contribution in [2.75, 3.05) is 22.9 Å². The summed E-state index contributed by atoms with van der Waals surface area (Å²) in [5.41, 5.74) is 1.52. The number of hydrogen-bond donors (Lipinski definition) is 0. The molecule has 124 valence electrons. The van der Waals surface area contributed by atoms with Gasteiger partial charge in [0.2, 0.25) is 11.8 Å². The molecule has 1 aromatic carbocycles. The molecule has 2 amide bonds. The number of carbonyl (C=O) groups excluding carboxylic acids is 2. The molecule has 2 fully saturated rings. The number of rotatable bonds is 2. The highest BCUT2D eigenvalue weighted by molar-refractivity contribution is 6.22. The predicted octanol–water partition coefficient (Wildman–Crippen LogP) is 1.36. The zero-order chi connectivity index (χ0) is 17.0. The molecule has 2 atom stereocenters. The predicted molar refractivity (Wildman–Crippen MR) is 91.1 cm³/mol. The molecule has 2 saturated heterocycles. The van der Waals surface area contributed by atoms with Crippen LogP contribution < -0.4 is 9.80 Å². The second-order valence-electron chi connectivity index (χ2n) is 6.38. The summed E-state index contributed by atoms with van der Waals surface area (Å²) >= 11 is 0. The van der Waals surface area contributed by atoms with E-state index in [-0.39, 0.29) is 23.7 Å². The molecule has 0 N–H and O–H groups in total. The highest BCUT2D eigenvalue weighted by atomic mass is 16.2. The summed E-state index contributed by atoms with van der Waals surface area (Å²) in [5.74, 6) is -0.120. The van der Waals surface area contributed by atoms with Crippen LogP contribution in [0.1, 0.15) is 0 Å². The van der Waals surface area contributed by atoms with Crippen LogP contribution in [-0.2, 0) is 9.59 Å². The fourth-order valence-corrected chi connectivity index (χ4v) is 3.84. The molecule has 0 radical (unpaired) electrons. The molecular formula is C18H15N5O2. The van der Waals surface area contributed by atoms with Gasteiger partial charge in [-0.25, -0.2) is 14.4 Å². The van der Waals surface area contributed by atoms with Gasteiger partial charge in [-0.1, -0.05) is 18.2 Å². The van der Waals surface area contributed by atoms with Gasteiger partial charge >= 0.3 is 0 Å². The molecule has 25 heavy (non-hydrogen) atoms. The number of benzene rings is 1. The summed E-state index contributed by atoms with van der Waals surface area (Å²) in [7, 11) is 0. The lowest BCUT2D eigenvalue weighted by Crippen LogP contribution is -2.36. The number of hydrogen-bond acceptors (Lipinski definition) is 5. The third-order valence-corrected chi connectivity index (χ3v) is 5.01. The second-order valence-corrected chi connectivity index (χ2v) is 6.38. The van der Waals surface area contributed by atoms with Gasteiger partial charge in [-0.15, -0.1) is 0 Å². The van der Waals surface area contributed by atoms with Gasteiger partial charge in [0, 0.05) is 25.5 Å². The van der Waals surface area contributed by atoms with Crippen LogP contribution in [0.4, 0.5) is 11.5 Å². The van der Waals surface area contributed by atoms with Crippen LogP contribution in [0.15, 0.2) is 55.0 Å². The van der Waals surface area contributed by atoms with E-state index < -0.39 is 0 Å². The lowest BCUT2D eigenvalue weighted by Gasteiger charge is -2.22. The van der Waals surface area contributed by atoms with Gasteiger partial charge in [-0.2, -0.15) is 5.10 Å². The largest absolute Gasteiger partial charge is 0.353 e. The lowest BCUT2D eigenvalue weighted by molar-refractivity contribution is -0.122. The molecule has 2 aliphatic heterocycles. The first-order chi connectivity index (χ1) is 12.2. The highest BCUT2D eigenvalue weighted by Gasteiger charge is 2.53. The number of fused-ring (bicyclic) bond motifs is 2. The third kappa shape index (κ3) is 1.98. The standard InChI is InChI=1S/C18H15N5O2/c24-17-13-10-21(16-15-6-7-20-22(15)9-8-19-16)11-14(13)18(25)23(17)12-4-2-1-3-5-12/h1-9,13-14H,10-11H2. The van der Waals surface area contributed by atoms with Crippen LogP contribution in [0, 0.1) is 11.8 Å². The smallest absolute Gasteiger partial charge is 0.239 e. The summed E-state index contributed by atoms with van der Waals surface area (Å²) in [4.78, 5) is 33.5. The number of nitrogens with zero attached hydrogens (tertiary/aromatic N) is 5. The molecule has 3 aromatic rings. The van der Waals surface area contributed by atoms with E-state index in [0.717, 1.165) is 11.3 Å². The quantitative estimate of drug-likeness (QED) is 0.662. The first-order valence-electron chi connectivity index (χ1n) is 8.20. The minimum absolute atomic E-state index is 0.121. The highest BCUT2D eigenvalue weighted by Crippen LogP contribution is 2.38. The summed E-state index contributed by atoms with van der Waals surface area (Å²) in [6.07, 6.45) is 5.18. The van der Waals surface area contributed by atoms with E-state index in [1.165, 1.54) is 4.90 Å². The maximum Gasteiger partial charge on any atom is 0.239 e. The monoisotopic (exact) mass is 333 g/mol. The topological polar surface area (TPSA) is 70.8 Å². The Bertz CT molecular complexity index is 959. The van der Waals surface area contributed by atoms with Crippen LogP contribution in [0.2, 0.25) is 0 Å². The SMILES string of the molecule is O=C1C2CN(c3nccn4nccc34)CC2C(=O)N1c1ccccc1. The van der Waals surface area contributed by atoms with Crippen molar-refractivity contribution in [2.24, 2.45) is 11.8 Å². The maximum atomic E-state index is 12.8. The van der Waals surface area contributed by atoms with Crippen LogP contribution >= 0.6 is 0 Å². The van der Waals surface area contributed by atoms with Crippen molar-refractivity contribution in [3.63, 3.8) is 0 Å². The molecule has 4 heterocycles. The molecule has 7 nitrogen and oxygen atoms in total. The van der Waals surface area contributed by atoms with Crippen molar-refractivity contribution in [1.29, 1.82) is 0 Å². The van der Waals surface area contributed by atoms with E-state index in [4.69, 9.17) is 0 Å². The van der Waals surface area contributed by atoms with Crippen molar-refractivity contribution in [2.45, 2.75) is 0 Å². The third-order valence-electron chi connectivity index (χ3n) is 5.01. The Hall–Kier alpha value is -3.22. The molecule has 7 heteroatoms. The number of anilines is 2. The molecule has 0 spiro atoms. The Kier molecular flexibility index (Phi) is 2.91.